The number of hydrogen-bond donors (Lipinski definition) is 0. The Hall–Kier alpha value is -1.61. The van der Waals surface area contributed by atoms with E-state index < -0.39 is 9.84 Å². The van der Waals surface area contributed by atoms with Crippen LogP contribution in [0.3, 0.4) is 0 Å². The van der Waals surface area contributed by atoms with Gasteiger partial charge >= 0.3 is 0 Å². The lowest BCUT2D eigenvalue weighted by molar-refractivity contribution is 0.577. The van der Waals surface area contributed by atoms with Crippen LogP contribution in [0.5, 0.6) is 0 Å². The Balaban J connectivity index is 1.93. The van der Waals surface area contributed by atoms with Crippen LogP contribution in [-0.4, -0.2) is 19.4 Å². The molecule has 2 atom stereocenters. The fraction of sp³-hybridized carbons (Fsp3) is 0.250. The van der Waals surface area contributed by atoms with E-state index in [1.807, 2.05) is 36.4 Å². The number of hydrogen-bond acceptors (Lipinski definition) is 2. The Morgan fingerprint density at radius 1 is 0.842 bits per heavy atom. The van der Waals surface area contributed by atoms with Gasteiger partial charge in [0.1, 0.15) is 0 Å². The Labute approximate surface area is 113 Å². The molecule has 1 aliphatic carbocycles. The molecular formula is C16H14O2S. The molecule has 2 aromatic rings. The fourth-order valence-electron chi connectivity index (χ4n) is 3.76. The Kier molecular flexibility index (Phi) is 2.06. The molecule has 2 unspecified atom stereocenters. The lowest BCUT2D eigenvalue weighted by Crippen LogP contribution is -2.26. The van der Waals surface area contributed by atoms with Crippen molar-refractivity contribution in [1.29, 1.82) is 0 Å². The maximum absolute atomic E-state index is 12.0. The maximum atomic E-state index is 12.0. The highest BCUT2D eigenvalue weighted by Crippen LogP contribution is 2.68. The van der Waals surface area contributed by atoms with Gasteiger partial charge in [0.05, 0.1) is 11.0 Å². The molecule has 0 N–H and O–H groups in total. The van der Waals surface area contributed by atoms with Crippen LogP contribution < -0.4 is 0 Å². The smallest absolute Gasteiger partial charge is 0.155 e. The molecule has 1 heterocycles. The highest BCUT2D eigenvalue weighted by molar-refractivity contribution is 7.94. The van der Waals surface area contributed by atoms with Gasteiger partial charge in [0, 0.05) is 11.3 Å². The van der Waals surface area contributed by atoms with Gasteiger partial charge in [-0.05, 0) is 11.1 Å². The first-order valence-corrected chi connectivity index (χ1v) is 8.21. The molecule has 1 saturated carbocycles. The monoisotopic (exact) mass is 270 g/mol. The summed E-state index contributed by atoms with van der Waals surface area (Å²) in [5.41, 5.74) is 1.98. The van der Waals surface area contributed by atoms with Gasteiger partial charge in [0.25, 0.3) is 0 Å². The summed E-state index contributed by atoms with van der Waals surface area (Å²) in [6.45, 7) is 0. The minimum atomic E-state index is -2.89. The predicted octanol–water partition coefficient (Wildman–Crippen LogP) is 2.40. The molecule has 0 radical (unpaired) electrons. The summed E-state index contributed by atoms with van der Waals surface area (Å²) in [6, 6.07) is 20.1. The lowest BCUT2D eigenvalue weighted by atomic mass is 9.86. The molecule has 96 valence electrons. The van der Waals surface area contributed by atoms with Crippen LogP contribution in [0.1, 0.15) is 11.1 Å². The summed E-state index contributed by atoms with van der Waals surface area (Å²) in [5, 5.41) is -0.204. The Bertz CT molecular complexity index is 680. The van der Waals surface area contributed by atoms with Gasteiger partial charge in [-0.3, -0.25) is 0 Å². The van der Waals surface area contributed by atoms with Gasteiger partial charge in [0.2, 0.25) is 0 Å². The largest absolute Gasteiger partial charge is 0.228 e. The minimum Gasteiger partial charge on any atom is -0.228 e. The van der Waals surface area contributed by atoms with Crippen LogP contribution >= 0.6 is 0 Å². The van der Waals surface area contributed by atoms with E-state index in [2.05, 4.69) is 24.3 Å². The second-order valence-corrected chi connectivity index (χ2v) is 7.62. The standard InChI is InChI=1S/C16H14O2S/c17-19(18)11-14-15(19)16(14,12-7-3-1-4-8-12)13-9-5-2-6-10-13/h1-10,14-15H,11H2. The second kappa shape index (κ2) is 3.48. The molecule has 2 aromatic carbocycles. The molecule has 4 rings (SSSR count). The zero-order valence-electron chi connectivity index (χ0n) is 10.4. The normalized spacial score (nSPS) is 29.1. The molecule has 0 amide bonds. The molecule has 2 aliphatic rings. The van der Waals surface area contributed by atoms with E-state index in [-0.39, 0.29) is 16.6 Å². The molecule has 3 heteroatoms. The third-order valence-electron chi connectivity index (χ3n) is 4.59. The molecule has 0 spiro atoms. The first-order valence-electron chi connectivity index (χ1n) is 6.50. The van der Waals surface area contributed by atoms with Crippen molar-refractivity contribution in [1.82, 2.24) is 0 Å². The molecule has 19 heavy (non-hydrogen) atoms. The zero-order valence-corrected chi connectivity index (χ0v) is 11.2. The molecule has 0 aromatic heterocycles. The molecule has 1 aliphatic heterocycles. The van der Waals surface area contributed by atoms with Crippen LogP contribution in [0, 0.1) is 5.92 Å². The first-order chi connectivity index (χ1) is 9.17. The van der Waals surface area contributed by atoms with E-state index >= 15 is 0 Å². The average molecular weight is 270 g/mol. The van der Waals surface area contributed by atoms with Crippen molar-refractivity contribution in [2.75, 3.05) is 5.75 Å². The van der Waals surface area contributed by atoms with E-state index in [9.17, 15) is 8.42 Å². The van der Waals surface area contributed by atoms with Crippen molar-refractivity contribution in [3.8, 4) is 0 Å². The maximum Gasteiger partial charge on any atom is 0.155 e. The summed E-state index contributed by atoms with van der Waals surface area (Å²) in [5.74, 6) is 0.601. The topological polar surface area (TPSA) is 34.1 Å². The van der Waals surface area contributed by atoms with Gasteiger partial charge in [-0.25, -0.2) is 8.42 Å². The van der Waals surface area contributed by atoms with E-state index in [0.717, 1.165) is 11.1 Å². The van der Waals surface area contributed by atoms with Crippen LogP contribution in [-0.2, 0) is 15.3 Å². The van der Waals surface area contributed by atoms with Crippen LogP contribution in [0.2, 0.25) is 0 Å². The summed E-state index contributed by atoms with van der Waals surface area (Å²) >= 11 is 0. The van der Waals surface area contributed by atoms with E-state index in [4.69, 9.17) is 0 Å². The van der Waals surface area contributed by atoms with Crippen molar-refractivity contribution in [2.24, 2.45) is 5.92 Å². The number of fused-ring (bicyclic) bond motifs is 1. The van der Waals surface area contributed by atoms with Gasteiger partial charge in [-0.1, -0.05) is 60.7 Å². The highest BCUT2D eigenvalue weighted by atomic mass is 32.2. The van der Waals surface area contributed by atoms with Crippen LogP contribution in [0.4, 0.5) is 0 Å². The summed E-state index contributed by atoms with van der Waals surface area (Å²) in [6.07, 6.45) is 0. The zero-order chi connectivity index (χ0) is 13.1. The molecule has 2 fully saturated rings. The molecule has 0 bridgehead atoms. The van der Waals surface area contributed by atoms with Crippen molar-refractivity contribution in [2.45, 2.75) is 10.7 Å². The van der Waals surface area contributed by atoms with E-state index in [1.165, 1.54) is 0 Å². The quantitative estimate of drug-likeness (QED) is 0.839. The summed E-state index contributed by atoms with van der Waals surface area (Å²) < 4.78 is 24.0. The minimum absolute atomic E-state index is 0.204. The summed E-state index contributed by atoms with van der Waals surface area (Å²) in [4.78, 5) is 0. The van der Waals surface area contributed by atoms with Crippen molar-refractivity contribution < 1.29 is 8.42 Å². The van der Waals surface area contributed by atoms with Crippen molar-refractivity contribution in [3.05, 3.63) is 71.8 Å². The number of benzene rings is 2. The van der Waals surface area contributed by atoms with Gasteiger partial charge < -0.3 is 0 Å². The number of sulfone groups is 1. The van der Waals surface area contributed by atoms with Gasteiger partial charge in [0.15, 0.2) is 9.84 Å². The first kappa shape index (κ1) is 11.2. The average Bonchev–Trinajstić information content (AvgIpc) is 3.05. The third-order valence-corrected chi connectivity index (χ3v) is 6.89. The van der Waals surface area contributed by atoms with Crippen molar-refractivity contribution >= 4 is 9.84 Å². The van der Waals surface area contributed by atoms with Gasteiger partial charge in [-0.2, -0.15) is 0 Å². The SMILES string of the molecule is O=S1(=O)CC2C1C2(c1ccccc1)c1ccccc1. The second-order valence-electron chi connectivity index (χ2n) is 5.46. The fourth-order valence-corrected chi connectivity index (χ4v) is 6.31. The van der Waals surface area contributed by atoms with Gasteiger partial charge in [-0.15, -0.1) is 0 Å². The summed E-state index contributed by atoms with van der Waals surface area (Å²) in [7, 11) is -2.89. The Morgan fingerprint density at radius 2 is 1.32 bits per heavy atom. The highest BCUT2D eigenvalue weighted by Gasteiger charge is 2.79. The van der Waals surface area contributed by atoms with Crippen LogP contribution in [0.15, 0.2) is 60.7 Å². The lowest BCUT2D eigenvalue weighted by Gasteiger charge is -2.16. The molecule has 2 nitrogen and oxygen atoms in total. The van der Waals surface area contributed by atoms with Crippen molar-refractivity contribution in [3.63, 3.8) is 0 Å². The molecule has 1 saturated heterocycles. The number of rotatable bonds is 2. The van der Waals surface area contributed by atoms with E-state index in [0.29, 0.717) is 5.75 Å². The predicted molar refractivity (Wildman–Crippen MR) is 74.7 cm³/mol. The third kappa shape index (κ3) is 1.29. The molecular weight excluding hydrogens is 256 g/mol. The van der Waals surface area contributed by atoms with Crippen LogP contribution in [0.25, 0.3) is 0 Å². The van der Waals surface area contributed by atoms with E-state index in [1.54, 1.807) is 0 Å². The Morgan fingerprint density at radius 3 is 1.63 bits per heavy atom.